The fourth-order valence-electron chi connectivity index (χ4n) is 0.728. The number of H-pyrrole nitrogens is 1. The molecule has 11 heavy (non-hydrogen) atoms. The molecule has 1 aromatic rings. The summed E-state index contributed by atoms with van der Waals surface area (Å²) in [5.74, 6) is 0.528. The van der Waals surface area contributed by atoms with E-state index in [1.54, 1.807) is 0 Å². The Balaban J connectivity index is 3.13. The molecule has 0 saturated heterocycles. The summed E-state index contributed by atoms with van der Waals surface area (Å²) in [5, 5.41) is 2.38. The van der Waals surface area contributed by atoms with Gasteiger partial charge in [-0.25, -0.2) is 4.68 Å². The standard InChI is InChI=1S/C6H8N2O2S/c9-5-1-2-6(10)8(7-5)3-4-11/h1-2,11H,3-4H2,(H,7,9). The highest BCUT2D eigenvalue weighted by Gasteiger charge is 1.92. The van der Waals surface area contributed by atoms with E-state index >= 15 is 0 Å². The van der Waals surface area contributed by atoms with Crippen LogP contribution >= 0.6 is 12.6 Å². The van der Waals surface area contributed by atoms with Crippen molar-refractivity contribution in [1.82, 2.24) is 9.78 Å². The molecule has 60 valence electrons. The second-order valence-electron chi connectivity index (χ2n) is 2.02. The van der Waals surface area contributed by atoms with Crippen molar-refractivity contribution in [2.24, 2.45) is 0 Å². The van der Waals surface area contributed by atoms with Gasteiger partial charge in [-0.05, 0) is 0 Å². The van der Waals surface area contributed by atoms with E-state index in [0.29, 0.717) is 12.3 Å². The molecule has 0 amide bonds. The van der Waals surface area contributed by atoms with Crippen LogP contribution in [-0.4, -0.2) is 15.5 Å². The summed E-state index contributed by atoms with van der Waals surface area (Å²) in [5.41, 5.74) is -0.481. The van der Waals surface area contributed by atoms with Crippen molar-refractivity contribution in [3.63, 3.8) is 0 Å². The summed E-state index contributed by atoms with van der Waals surface area (Å²) in [6, 6.07) is 2.44. The zero-order chi connectivity index (χ0) is 8.27. The molecule has 0 aliphatic heterocycles. The number of thiol groups is 1. The molecule has 0 aliphatic rings. The Morgan fingerprint density at radius 3 is 2.82 bits per heavy atom. The first-order chi connectivity index (χ1) is 5.24. The van der Waals surface area contributed by atoms with Crippen molar-refractivity contribution in [1.29, 1.82) is 0 Å². The van der Waals surface area contributed by atoms with E-state index in [2.05, 4.69) is 17.7 Å². The van der Waals surface area contributed by atoms with Crippen LogP contribution in [0.15, 0.2) is 21.7 Å². The van der Waals surface area contributed by atoms with Gasteiger partial charge in [0.05, 0.1) is 6.54 Å². The highest BCUT2D eigenvalue weighted by molar-refractivity contribution is 7.80. The molecule has 0 bridgehead atoms. The minimum absolute atomic E-state index is 0.210. The number of nitrogens with one attached hydrogen (secondary N) is 1. The van der Waals surface area contributed by atoms with Crippen LogP contribution in [0, 0.1) is 0 Å². The van der Waals surface area contributed by atoms with Gasteiger partial charge in [0, 0.05) is 17.9 Å². The van der Waals surface area contributed by atoms with Crippen molar-refractivity contribution in [2.45, 2.75) is 6.54 Å². The lowest BCUT2D eigenvalue weighted by Gasteiger charge is -1.99. The average molecular weight is 172 g/mol. The maximum absolute atomic E-state index is 10.9. The maximum atomic E-state index is 10.9. The molecule has 0 fully saturated rings. The molecular weight excluding hydrogens is 164 g/mol. The van der Waals surface area contributed by atoms with E-state index in [-0.39, 0.29) is 11.1 Å². The quantitative estimate of drug-likeness (QED) is 0.589. The van der Waals surface area contributed by atoms with Gasteiger partial charge in [0.25, 0.3) is 11.1 Å². The number of aryl methyl sites for hydroxylation is 1. The van der Waals surface area contributed by atoms with Crippen LogP contribution < -0.4 is 11.1 Å². The van der Waals surface area contributed by atoms with Crippen LogP contribution in [-0.2, 0) is 6.54 Å². The molecule has 0 saturated carbocycles. The van der Waals surface area contributed by atoms with Crippen molar-refractivity contribution in [2.75, 3.05) is 5.75 Å². The number of aromatic amines is 1. The summed E-state index contributed by atoms with van der Waals surface area (Å²) in [6.45, 7) is 0.429. The first kappa shape index (κ1) is 8.13. The van der Waals surface area contributed by atoms with Gasteiger partial charge in [-0.15, -0.1) is 0 Å². The molecule has 0 radical (unpaired) electrons. The Kier molecular flexibility index (Phi) is 2.53. The monoisotopic (exact) mass is 172 g/mol. The van der Waals surface area contributed by atoms with Crippen LogP contribution in [0.4, 0.5) is 0 Å². The van der Waals surface area contributed by atoms with E-state index in [9.17, 15) is 9.59 Å². The number of hydrogen-bond donors (Lipinski definition) is 2. The van der Waals surface area contributed by atoms with Crippen molar-refractivity contribution in [3.8, 4) is 0 Å². The summed E-state index contributed by atoms with van der Waals surface area (Å²) in [6.07, 6.45) is 0. The third kappa shape index (κ3) is 1.98. The van der Waals surface area contributed by atoms with E-state index in [1.807, 2.05) is 0 Å². The molecule has 4 nitrogen and oxygen atoms in total. The molecule has 0 aliphatic carbocycles. The topological polar surface area (TPSA) is 54.9 Å². The SMILES string of the molecule is O=c1ccc(=O)n(CCS)[nH]1. The normalized spacial score (nSPS) is 9.91. The van der Waals surface area contributed by atoms with Crippen molar-refractivity contribution < 1.29 is 0 Å². The number of rotatable bonds is 2. The largest absolute Gasteiger partial charge is 0.268 e. The lowest BCUT2D eigenvalue weighted by Crippen LogP contribution is -2.28. The molecule has 1 aromatic heterocycles. The summed E-state index contributed by atoms with van der Waals surface area (Å²) in [4.78, 5) is 21.6. The Hall–Kier alpha value is -0.970. The first-order valence-electron chi connectivity index (χ1n) is 3.15. The smallest absolute Gasteiger partial charge is 0.265 e. The predicted octanol–water partition coefficient (Wildman–Crippen LogP) is -0.534. The predicted molar refractivity (Wildman–Crippen MR) is 45.2 cm³/mol. The van der Waals surface area contributed by atoms with Gasteiger partial charge in [0.15, 0.2) is 0 Å². The van der Waals surface area contributed by atoms with Crippen molar-refractivity contribution >= 4 is 12.6 Å². The molecule has 5 heteroatoms. The van der Waals surface area contributed by atoms with Gasteiger partial charge >= 0.3 is 0 Å². The van der Waals surface area contributed by atoms with Gasteiger partial charge < -0.3 is 0 Å². The molecule has 1 N–H and O–H groups in total. The summed E-state index contributed by atoms with van der Waals surface area (Å²) in [7, 11) is 0. The number of hydrogen-bond acceptors (Lipinski definition) is 3. The van der Waals surface area contributed by atoms with Crippen LogP contribution in [0.3, 0.4) is 0 Å². The second kappa shape index (κ2) is 3.43. The Bertz CT molecular complexity index is 341. The van der Waals surface area contributed by atoms with Crippen molar-refractivity contribution in [3.05, 3.63) is 32.8 Å². The zero-order valence-corrected chi connectivity index (χ0v) is 6.67. The van der Waals surface area contributed by atoms with E-state index in [0.717, 1.165) is 0 Å². The van der Waals surface area contributed by atoms with Gasteiger partial charge in [-0.1, -0.05) is 0 Å². The second-order valence-corrected chi connectivity index (χ2v) is 2.47. The van der Waals surface area contributed by atoms with Crippen LogP contribution in [0.1, 0.15) is 0 Å². The average Bonchev–Trinajstić information content (AvgIpc) is 1.98. The van der Waals surface area contributed by atoms with Crippen LogP contribution in [0.25, 0.3) is 0 Å². The molecule has 0 spiro atoms. The third-order valence-electron chi connectivity index (χ3n) is 1.21. The first-order valence-corrected chi connectivity index (χ1v) is 3.78. The van der Waals surface area contributed by atoms with E-state index in [4.69, 9.17) is 0 Å². The Morgan fingerprint density at radius 2 is 2.18 bits per heavy atom. The van der Waals surface area contributed by atoms with Crippen LogP contribution in [0.5, 0.6) is 0 Å². The van der Waals surface area contributed by atoms with Crippen LogP contribution in [0.2, 0.25) is 0 Å². The highest BCUT2D eigenvalue weighted by atomic mass is 32.1. The molecule has 0 unspecified atom stereocenters. The fourth-order valence-corrected chi connectivity index (χ4v) is 0.928. The molecule has 0 atom stereocenters. The minimum atomic E-state index is -0.272. The maximum Gasteiger partial charge on any atom is 0.265 e. The lowest BCUT2D eigenvalue weighted by molar-refractivity contribution is 0.611. The Morgan fingerprint density at radius 1 is 1.45 bits per heavy atom. The third-order valence-corrected chi connectivity index (χ3v) is 1.41. The van der Waals surface area contributed by atoms with Gasteiger partial charge in [-0.2, -0.15) is 12.6 Å². The highest BCUT2D eigenvalue weighted by Crippen LogP contribution is 1.75. The zero-order valence-electron chi connectivity index (χ0n) is 5.78. The fraction of sp³-hybridized carbons (Fsp3) is 0.333. The van der Waals surface area contributed by atoms with Gasteiger partial charge in [-0.3, -0.25) is 14.7 Å². The van der Waals surface area contributed by atoms with E-state index in [1.165, 1.54) is 16.8 Å². The molecular formula is C6H8N2O2S. The molecule has 0 aromatic carbocycles. The summed E-state index contributed by atoms with van der Waals surface area (Å²) < 4.78 is 1.23. The van der Waals surface area contributed by atoms with Gasteiger partial charge in [0.1, 0.15) is 0 Å². The summed E-state index contributed by atoms with van der Waals surface area (Å²) >= 11 is 3.93. The van der Waals surface area contributed by atoms with Gasteiger partial charge in [0.2, 0.25) is 0 Å². The van der Waals surface area contributed by atoms with E-state index < -0.39 is 0 Å². The minimum Gasteiger partial charge on any atom is -0.268 e. The molecule has 1 rings (SSSR count). The lowest BCUT2D eigenvalue weighted by atomic mass is 10.5. The molecule has 1 heterocycles. The number of aromatic nitrogens is 2. The number of nitrogens with zero attached hydrogens (tertiary/aromatic N) is 1. The Labute approximate surface area is 68.3 Å².